The van der Waals surface area contributed by atoms with Crippen molar-refractivity contribution in [3.8, 4) is 5.75 Å². The minimum Gasteiger partial charge on any atom is -0.495 e. The molecule has 0 saturated carbocycles. The molecule has 3 N–H and O–H groups in total. The van der Waals surface area contributed by atoms with Gasteiger partial charge in [-0.05, 0) is 49.2 Å². The average Bonchev–Trinajstić information content (AvgIpc) is 2.37. The van der Waals surface area contributed by atoms with E-state index in [-0.39, 0.29) is 5.91 Å². The lowest BCUT2D eigenvalue weighted by Gasteiger charge is -2.11. The van der Waals surface area contributed by atoms with Gasteiger partial charge in [-0.2, -0.15) is 0 Å². The van der Waals surface area contributed by atoms with Gasteiger partial charge >= 0.3 is 0 Å². The number of nitrogens with two attached hydrogens (primary N) is 1. The predicted octanol–water partition coefficient (Wildman–Crippen LogP) is 3.15. The molecule has 0 aliphatic rings. The van der Waals surface area contributed by atoms with Crippen LogP contribution in [-0.4, -0.2) is 13.0 Å². The summed E-state index contributed by atoms with van der Waals surface area (Å²) in [4.78, 5) is 12.3. The molecule has 1 amide bonds. The van der Waals surface area contributed by atoms with Crippen LogP contribution in [-0.2, 0) is 0 Å². The van der Waals surface area contributed by atoms with Gasteiger partial charge in [0.2, 0.25) is 0 Å². The van der Waals surface area contributed by atoms with Gasteiger partial charge in [0.1, 0.15) is 5.75 Å². The van der Waals surface area contributed by atoms with Crippen LogP contribution in [0.3, 0.4) is 0 Å². The van der Waals surface area contributed by atoms with E-state index in [9.17, 15) is 4.79 Å². The zero-order valence-electron chi connectivity index (χ0n) is 11.9. The van der Waals surface area contributed by atoms with E-state index in [1.807, 2.05) is 26.0 Å². The largest absolute Gasteiger partial charge is 0.495 e. The molecule has 104 valence electrons. The van der Waals surface area contributed by atoms with Crippen molar-refractivity contribution in [1.29, 1.82) is 0 Å². The Hall–Kier alpha value is -2.49. The Kier molecular flexibility index (Phi) is 3.94. The second kappa shape index (κ2) is 5.65. The quantitative estimate of drug-likeness (QED) is 0.842. The highest BCUT2D eigenvalue weighted by Crippen LogP contribution is 2.25. The minimum absolute atomic E-state index is 0.244. The molecule has 0 fully saturated rings. The summed E-state index contributed by atoms with van der Waals surface area (Å²) in [6.07, 6.45) is 0. The summed E-state index contributed by atoms with van der Waals surface area (Å²) in [7, 11) is 1.53. The second-order valence-electron chi connectivity index (χ2n) is 4.75. The number of nitrogens with one attached hydrogen (secondary N) is 1. The highest BCUT2D eigenvalue weighted by Gasteiger charge is 2.13. The van der Waals surface area contributed by atoms with Crippen LogP contribution in [0.5, 0.6) is 5.75 Å². The zero-order valence-corrected chi connectivity index (χ0v) is 11.9. The van der Waals surface area contributed by atoms with E-state index in [1.165, 1.54) is 7.11 Å². The molecule has 4 nitrogen and oxygen atoms in total. The van der Waals surface area contributed by atoms with E-state index in [4.69, 9.17) is 10.5 Å². The van der Waals surface area contributed by atoms with E-state index < -0.39 is 0 Å². The molecular weight excluding hydrogens is 252 g/mol. The first-order chi connectivity index (χ1) is 9.51. The predicted molar refractivity (Wildman–Crippen MR) is 81.3 cm³/mol. The number of carbonyl (C=O) groups excluding carboxylic acids is 1. The Morgan fingerprint density at radius 2 is 1.80 bits per heavy atom. The van der Waals surface area contributed by atoms with Gasteiger partial charge in [0.05, 0.1) is 18.4 Å². The number of hydrogen-bond donors (Lipinski definition) is 2. The van der Waals surface area contributed by atoms with Crippen molar-refractivity contribution in [3.05, 3.63) is 53.1 Å². The summed E-state index contributed by atoms with van der Waals surface area (Å²) < 4.78 is 5.12. The fourth-order valence-corrected chi connectivity index (χ4v) is 2.17. The number of carbonyl (C=O) groups is 1. The second-order valence-corrected chi connectivity index (χ2v) is 4.75. The number of amides is 1. The van der Waals surface area contributed by atoms with E-state index in [0.717, 1.165) is 16.8 Å². The maximum Gasteiger partial charge on any atom is 0.257 e. The van der Waals surface area contributed by atoms with Crippen LogP contribution in [0, 0.1) is 13.8 Å². The van der Waals surface area contributed by atoms with Crippen molar-refractivity contribution in [2.24, 2.45) is 0 Å². The van der Waals surface area contributed by atoms with Crippen molar-refractivity contribution in [1.82, 2.24) is 0 Å². The Balaban J connectivity index is 2.28. The van der Waals surface area contributed by atoms with E-state index in [2.05, 4.69) is 11.4 Å². The first kappa shape index (κ1) is 13.9. The lowest BCUT2D eigenvalue weighted by atomic mass is 10.1. The molecule has 0 atom stereocenters. The maximum atomic E-state index is 12.3. The summed E-state index contributed by atoms with van der Waals surface area (Å²) in [6.45, 7) is 3.98. The van der Waals surface area contributed by atoms with Crippen molar-refractivity contribution in [2.75, 3.05) is 18.2 Å². The molecule has 0 saturated heterocycles. The summed E-state index contributed by atoms with van der Waals surface area (Å²) in [5, 5.41) is 2.86. The number of rotatable bonds is 3. The van der Waals surface area contributed by atoms with Crippen molar-refractivity contribution in [3.63, 3.8) is 0 Å². The van der Waals surface area contributed by atoms with Crippen molar-refractivity contribution >= 4 is 17.3 Å². The molecule has 0 unspecified atom stereocenters. The molecule has 0 aliphatic carbocycles. The Bertz CT molecular complexity index is 631. The van der Waals surface area contributed by atoms with Gasteiger partial charge in [0, 0.05) is 5.69 Å². The van der Waals surface area contributed by atoms with Gasteiger partial charge in [-0.3, -0.25) is 4.79 Å². The minimum atomic E-state index is -0.244. The van der Waals surface area contributed by atoms with Gasteiger partial charge < -0.3 is 15.8 Å². The Labute approximate surface area is 118 Å². The van der Waals surface area contributed by atoms with Gasteiger partial charge in [-0.15, -0.1) is 0 Å². The molecule has 2 rings (SSSR count). The third-order valence-corrected chi connectivity index (χ3v) is 3.01. The number of ether oxygens (including phenoxy) is 1. The molecule has 2 aromatic carbocycles. The monoisotopic (exact) mass is 270 g/mol. The highest BCUT2D eigenvalue weighted by atomic mass is 16.5. The molecule has 0 radical (unpaired) electrons. The molecule has 0 spiro atoms. The SMILES string of the molecule is COc1cccc(C(=O)Nc2cc(C)cc(C)c2)c1N. The molecule has 0 heterocycles. The molecule has 0 aromatic heterocycles. The number of aryl methyl sites for hydroxylation is 2. The molecule has 0 aliphatic heterocycles. The van der Waals surface area contributed by atoms with E-state index in [1.54, 1.807) is 18.2 Å². The smallest absolute Gasteiger partial charge is 0.257 e. The van der Waals surface area contributed by atoms with Gasteiger partial charge in [-0.1, -0.05) is 12.1 Å². The third-order valence-electron chi connectivity index (χ3n) is 3.01. The standard InChI is InChI=1S/C16H18N2O2/c1-10-7-11(2)9-12(8-10)18-16(19)13-5-4-6-14(20-3)15(13)17/h4-9H,17H2,1-3H3,(H,18,19). The molecular formula is C16H18N2O2. The molecule has 2 aromatic rings. The number of benzene rings is 2. The zero-order chi connectivity index (χ0) is 14.7. The van der Waals surface area contributed by atoms with E-state index in [0.29, 0.717) is 17.0 Å². The molecule has 0 bridgehead atoms. The van der Waals surface area contributed by atoms with Crippen LogP contribution >= 0.6 is 0 Å². The highest BCUT2D eigenvalue weighted by molar-refractivity contribution is 6.08. The van der Waals surface area contributed by atoms with Gasteiger partial charge in [-0.25, -0.2) is 0 Å². The van der Waals surface area contributed by atoms with Crippen LogP contribution in [0.1, 0.15) is 21.5 Å². The topological polar surface area (TPSA) is 64.3 Å². The van der Waals surface area contributed by atoms with E-state index >= 15 is 0 Å². The maximum absolute atomic E-state index is 12.3. The lowest BCUT2D eigenvalue weighted by Crippen LogP contribution is -2.14. The number of hydrogen-bond acceptors (Lipinski definition) is 3. The Morgan fingerprint density at radius 3 is 2.40 bits per heavy atom. The van der Waals surface area contributed by atoms with Crippen LogP contribution in [0.25, 0.3) is 0 Å². The molecule has 4 heteroatoms. The lowest BCUT2D eigenvalue weighted by molar-refractivity contribution is 0.102. The number of para-hydroxylation sites is 1. The fraction of sp³-hybridized carbons (Fsp3) is 0.188. The Morgan fingerprint density at radius 1 is 1.15 bits per heavy atom. The average molecular weight is 270 g/mol. The van der Waals surface area contributed by atoms with Crippen molar-refractivity contribution in [2.45, 2.75) is 13.8 Å². The fourth-order valence-electron chi connectivity index (χ4n) is 2.17. The number of anilines is 2. The summed E-state index contributed by atoms with van der Waals surface area (Å²) in [5.74, 6) is 0.254. The van der Waals surface area contributed by atoms with Crippen LogP contribution in [0.15, 0.2) is 36.4 Å². The van der Waals surface area contributed by atoms with Crippen molar-refractivity contribution < 1.29 is 9.53 Å². The number of nitrogen functional groups attached to an aromatic ring is 1. The normalized spacial score (nSPS) is 10.2. The summed E-state index contributed by atoms with van der Waals surface area (Å²) in [6, 6.07) is 11.0. The van der Waals surface area contributed by atoms with Crippen LogP contribution in [0.4, 0.5) is 11.4 Å². The third kappa shape index (κ3) is 2.91. The van der Waals surface area contributed by atoms with Crippen LogP contribution in [0.2, 0.25) is 0 Å². The first-order valence-electron chi connectivity index (χ1n) is 6.33. The van der Waals surface area contributed by atoms with Gasteiger partial charge in [0.15, 0.2) is 0 Å². The summed E-state index contributed by atoms with van der Waals surface area (Å²) in [5.41, 5.74) is 9.62. The van der Waals surface area contributed by atoms with Gasteiger partial charge in [0.25, 0.3) is 5.91 Å². The first-order valence-corrected chi connectivity index (χ1v) is 6.33. The number of methoxy groups -OCH3 is 1. The molecule has 20 heavy (non-hydrogen) atoms. The summed E-state index contributed by atoms with van der Waals surface area (Å²) >= 11 is 0. The van der Waals surface area contributed by atoms with Crippen LogP contribution < -0.4 is 15.8 Å².